The predicted octanol–water partition coefficient (Wildman–Crippen LogP) is 0.491. The summed E-state index contributed by atoms with van der Waals surface area (Å²) >= 11 is 0. The van der Waals surface area contributed by atoms with Crippen LogP contribution in [0.15, 0.2) is 0 Å². The van der Waals surface area contributed by atoms with Crippen LogP contribution in [0.4, 0.5) is 0 Å². The maximum absolute atomic E-state index is 11.4. The second-order valence-electron chi connectivity index (χ2n) is 3.92. The summed E-state index contributed by atoms with van der Waals surface area (Å²) < 4.78 is 0. The van der Waals surface area contributed by atoms with Crippen LogP contribution in [0.1, 0.15) is 32.6 Å². The number of nitriles is 1. The zero-order valence-corrected chi connectivity index (χ0v) is 7.84. The van der Waals surface area contributed by atoms with Gasteiger partial charge in [-0.3, -0.25) is 10.1 Å². The molecule has 2 unspecified atom stereocenters. The molecular weight excluding hydrogens is 166 g/mol. The van der Waals surface area contributed by atoms with Crippen LogP contribution in [0.2, 0.25) is 0 Å². The summed E-state index contributed by atoms with van der Waals surface area (Å²) in [7, 11) is 0. The van der Waals surface area contributed by atoms with E-state index in [0.29, 0.717) is 18.8 Å². The minimum Gasteiger partial charge on any atom is -0.317 e. The lowest BCUT2D eigenvalue weighted by atomic mass is 9.76. The lowest BCUT2D eigenvalue weighted by molar-refractivity contribution is -0.126. The van der Waals surface area contributed by atoms with Crippen molar-refractivity contribution in [1.29, 1.82) is 5.26 Å². The molecule has 1 saturated carbocycles. The van der Waals surface area contributed by atoms with Crippen molar-refractivity contribution in [2.24, 2.45) is 11.7 Å². The standard InChI is InChI=1S/C9H15N3O/c1-7-3-2-4-9(11,5-7)8(13)12-6-10/h7H,2-5,11H2,1H3,(H,12,13). The maximum atomic E-state index is 11.4. The number of hydrogen-bond donors (Lipinski definition) is 2. The smallest absolute Gasteiger partial charge is 0.253 e. The van der Waals surface area contributed by atoms with Gasteiger partial charge in [0, 0.05) is 0 Å². The van der Waals surface area contributed by atoms with Gasteiger partial charge < -0.3 is 5.73 Å². The first-order valence-electron chi connectivity index (χ1n) is 4.57. The average molecular weight is 181 g/mol. The van der Waals surface area contributed by atoms with E-state index < -0.39 is 5.54 Å². The third-order valence-corrected chi connectivity index (χ3v) is 2.65. The van der Waals surface area contributed by atoms with Gasteiger partial charge in [-0.25, -0.2) is 0 Å². The summed E-state index contributed by atoms with van der Waals surface area (Å²) in [4.78, 5) is 11.4. The SMILES string of the molecule is CC1CCCC(N)(C(=O)NC#N)C1. The van der Waals surface area contributed by atoms with Gasteiger partial charge in [0.15, 0.2) is 6.19 Å². The molecule has 0 saturated heterocycles. The van der Waals surface area contributed by atoms with Crippen LogP contribution in [0.3, 0.4) is 0 Å². The van der Waals surface area contributed by atoms with E-state index in [1.165, 1.54) is 0 Å². The van der Waals surface area contributed by atoms with Gasteiger partial charge in [-0.15, -0.1) is 0 Å². The fourth-order valence-electron chi connectivity index (χ4n) is 1.97. The molecule has 1 fully saturated rings. The van der Waals surface area contributed by atoms with E-state index in [4.69, 9.17) is 11.0 Å². The largest absolute Gasteiger partial charge is 0.317 e. The van der Waals surface area contributed by atoms with Crippen LogP contribution in [0.5, 0.6) is 0 Å². The zero-order chi connectivity index (χ0) is 9.90. The van der Waals surface area contributed by atoms with E-state index in [0.717, 1.165) is 12.8 Å². The van der Waals surface area contributed by atoms with Gasteiger partial charge in [0.2, 0.25) is 0 Å². The molecule has 1 rings (SSSR count). The van der Waals surface area contributed by atoms with E-state index >= 15 is 0 Å². The van der Waals surface area contributed by atoms with Crippen LogP contribution in [-0.2, 0) is 4.79 Å². The Labute approximate surface area is 78.1 Å². The van der Waals surface area contributed by atoms with Crippen molar-refractivity contribution in [3.05, 3.63) is 0 Å². The van der Waals surface area contributed by atoms with Gasteiger partial charge in [-0.2, -0.15) is 5.26 Å². The van der Waals surface area contributed by atoms with Gasteiger partial charge in [0.25, 0.3) is 5.91 Å². The number of carbonyl (C=O) groups excluding carboxylic acids is 1. The summed E-state index contributed by atoms with van der Waals surface area (Å²) in [5.41, 5.74) is 5.10. The molecule has 0 bridgehead atoms. The van der Waals surface area contributed by atoms with Gasteiger partial charge >= 0.3 is 0 Å². The molecule has 1 amide bonds. The molecule has 1 aliphatic carbocycles. The number of amides is 1. The lowest BCUT2D eigenvalue weighted by Crippen LogP contribution is -2.55. The molecule has 0 aromatic carbocycles. The number of carbonyl (C=O) groups is 1. The highest BCUT2D eigenvalue weighted by Gasteiger charge is 2.37. The topological polar surface area (TPSA) is 78.9 Å². The third-order valence-electron chi connectivity index (χ3n) is 2.65. The Balaban J connectivity index is 2.64. The van der Waals surface area contributed by atoms with Crippen molar-refractivity contribution < 1.29 is 4.79 Å². The quantitative estimate of drug-likeness (QED) is 0.456. The summed E-state index contributed by atoms with van der Waals surface area (Å²) in [6.45, 7) is 2.08. The molecule has 0 aromatic heterocycles. The summed E-state index contributed by atoms with van der Waals surface area (Å²) in [5, 5.41) is 10.4. The Kier molecular flexibility index (Phi) is 2.89. The molecular formula is C9H15N3O. The second kappa shape index (κ2) is 3.75. The highest BCUT2D eigenvalue weighted by atomic mass is 16.2. The van der Waals surface area contributed by atoms with E-state index in [1.54, 1.807) is 6.19 Å². The van der Waals surface area contributed by atoms with E-state index in [9.17, 15) is 4.79 Å². The van der Waals surface area contributed by atoms with Crippen molar-refractivity contribution in [2.75, 3.05) is 0 Å². The minimum atomic E-state index is -0.812. The number of nitrogens with one attached hydrogen (secondary N) is 1. The van der Waals surface area contributed by atoms with Crippen molar-refractivity contribution >= 4 is 5.91 Å². The first-order chi connectivity index (χ1) is 6.08. The van der Waals surface area contributed by atoms with Gasteiger partial charge in [-0.1, -0.05) is 19.8 Å². The molecule has 13 heavy (non-hydrogen) atoms. The lowest BCUT2D eigenvalue weighted by Gasteiger charge is -2.34. The first kappa shape index (κ1) is 10.0. The molecule has 3 N–H and O–H groups in total. The zero-order valence-electron chi connectivity index (χ0n) is 7.84. The van der Waals surface area contributed by atoms with Gasteiger partial charge in [-0.05, 0) is 18.8 Å². The van der Waals surface area contributed by atoms with Gasteiger partial charge in [0.1, 0.15) is 0 Å². The van der Waals surface area contributed by atoms with Crippen molar-refractivity contribution in [3.8, 4) is 6.19 Å². The molecule has 4 heteroatoms. The van der Waals surface area contributed by atoms with E-state index in [-0.39, 0.29) is 5.91 Å². The Morgan fingerprint density at radius 3 is 3.00 bits per heavy atom. The van der Waals surface area contributed by atoms with E-state index in [1.807, 2.05) is 0 Å². The fraction of sp³-hybridized carbons (Fsp3) is 0.778. The molecule has 0 aliphatic heterocycles. The molecule has 1 aliphatic rings. The van der Waals surface area contributed by atoms with Crippen LogP contribution < -0.4 is 11.1 Å². The average Bonchev–Trinajstić information content (AvgIpc) is 2.04. The second-order valence-corrected chi connectivity index (χ2v) is 3.92. The monoisotopic (exact) mass is 181 g/mol. The Morgan fingerprint density at radius 2 is 2.46 bits per heavy atom. The highest BCUT2D eigenvalue weighted by Crippen LogP contribution is 2.30. The van der Waals surface area contributed by atoms with Crippen LogP contribution >= 0.6 is 0 Å². The molecule has 2 atom stereocenters. The van der Waals surface area contributed by atoms with Crippen molar-refractivity contribution in [2.45, 2.75) is 38.1 Å². The Hall–Kier alpha value is -1.08. The normalized spacial score (nSPS) is 33.5. The summed E-state index contributed by atoms with van der Waals surface area (Å²) in [6, 6.07) is 0. The van der Waals surface area contributed by atoms with Crippen LogP contribution in [0, 0.1) is 17.4 Å². The molecule has 0 aromatic rings. The molecule has 4 nitrogen and oxygen atoms in total. The molecule has 0 spiro atoms. The number of nitrogens with two attached hydrogens (primary N) is 1. The summed E-state index contributed by atoms with van der Waals surface area (Å²) in [6.07, 6.45) is 5.08. The Morgan fingerprint density at radius 1 is 1.77 bits per heavy atom. The van der Waals surface area contributed by atoms with Crippen molar-refractivity contribution in [3.63, 3.8) is 0 Å². The van der Waals surface area contributed by atoms with E-state index in [2.05, 4.69) is 12.2 Å². The minimum absolute atomic E-state index is 0.332. The number of hydrogen-bond acceptors (Lipinski definition) is 3. The third kappa shape index (κ3) is 2.19. The Bertz CT molecular complexity index is 246. The van der Waals surface area contributed by atoms with Crippen molar-refractivity contribution in [1.82, 2.24) is 5.32 Å². The van der Waals surface area contributed by atoms with Crippen LogP contribution in [-0.4, -0.2) is 11.4 Å². The molecule has 0 radical (unpaired) electrons. The van der Waals surface area contributed by atoms with Crippen LogP contribution in [0.25, 0.3) is 0 Å². The number of nitrogens with zero attached hydrogens (tertiary/aromatic N) is 1. The van der Waals surface area contributed by atoms with Gasteiger partial charge in [0.05, 0.1) is 5.54 Å². The highest BCUT2D eigenvalue weighted by molar-refractivity contribution is 5.87. The predicted molar refractivity (Wildman–Crippen MR) is 48.3 cm³/mol. The molecule has 72 valence electrons. The number of rotatable bonds is 1. The molecule has 0 heterocycles. The maximum Gasteiger partial charge on any atom is 0.253 e. The first-order valence-corrected chi connectivity index (χ1v) is 4.57. The summed E-state index contributed by atoms with van der Waals surface area (Å²) in [5.74, 6) is 0.143. The fourth-order valence-corrected chi connectivity index (χ4v) is 1.97.